The lowest BCUT2D eigenvalue weighted by Crippen LogP contribution is -2.32. The van der Waals surface area contributed by atoms with Crippen LogP contribution in [0.25, 0.3) is 0 Å². The number of carbonyl (C=O) groups excluding carboxylic acids is 3. The Morgan fingerprint density at radius 3 is 2.17 bits per heavy atom. The SMILES string of the molecule is CC(C)(C)Oc1ccc(CCC(=O)ON2C(=O)CCC2=O)cc1. The van der Waals surface area contributed by atoms with Crippen molar-refractivity contribution in [1.29, 1.82) is 0 Å². The van der Waals surface area contributed by atoms with Crippen LogP contribution in [0.15, 0.2) is 24.3 Å². The molecule has 0 spiro atoms. The fourth-order valence-electron chi connectivity index (χ4n) is 2.13. The molecule has 1 heterocycles. The van der Waals surface area contributed by atoms with Gasteiger partial charge in [-0.3, -0.25) is 9.59 Å². The summed E-state index contributed by atoms with van der Waals surface area (Å²) in [6, 6.07) is 7.44. The quantitative estimate of drug-likeness (QED) is 0.779. The van der Waals surface area contributed by atoms with Crippen LogP contribution in [0.4, 0.5) is 0 Å². The molecule has 1 aromatic rings. The van der Waals surface area contributed by atoms with Crippen LogP contribution in [-0.4, -0.2) is 28.4 Å². The monoisotopic (exact) mass is 319 g/mol. The van der Waals surface area contributed by atoms with E-state index in [1.165, 1.54) is 0 Å². The Labute approximate surface area is 135 Å². The van der Waals surface area contributed by atoms with Crippen molar-refractivity contribution >= 4 is 17.8 Å². The van der Waals surface area contributed by atoms with Crippen LogP contribution in [0.2, 0.25) is 0 Å². The maximum atomic E-state index is 11.7. The second kappa shape index (κ2) is 6.81. The van der Waals surface area contributed by atoms with Crippen LogP contribution in [0.3, 0.4) is 0 Å². The molecule has 1 fully saturated rings. The van der Waals surface area contributed by atoms with Gasteiger partial charge in [0.05, 0.1) is 6.42 Å². The second-order valence-corrected chi connectivity index (χ2v) is 6.40. The first-order valence-electron chi connectivity index (χ1n) is 7.59. The third-order valence-electron chi connectivity index (χ3n) is 3.16. The number of hydrogen-bond donors (Lipinski definition) is 0. The minimum Gasteiger partial charge on any atom is -0.488 e. The number of rotatable bonds is 5. The summed E-state index contributed by atoms with van der Waals surface area (Å²) < 4.78 is 5.72. The fourth-order valence-corrected chi connectivity index (χ4v) is 2.13. The second-order valence-electron chi connectivity index (χ2n) is 6.40. The van der Waals surface area contributed by atoms with E-state index in [1.54, 1.807) is 0 Å². The Bertz CT molecular complexity index is 584. The number of benzene rings is 1. The molecule has 2 amide bonds. The predicted octanol–water partition coefficient (Wildman–Crippen LogP) is 2.40. The smallest absolute Gasteiger partial charge is 0.333 e. The third-order valence-corrected chi connectivity index (χ3v) is 3.16. The molecule has 23 heavy (non-hydrogen) atoms. The minimum absolute atomic E-state index is 0.0938. The molecule has 0 aliphatic carbocycles. The van der Waals surface area contributed by atoms with Gasteiger partial charge in [-0.15, -0.1) is 5.06 Å². The average Bonchev–Trinajstić information content (AvgIpc) is 2.77. The van der Waals surface area contributed by atoms with Gasteiger partial charge >= 0.3 is 5.97 Å². The first-order valence-corrected chi connectivity index (χ1v) is 7.59. The first kappa shape index (κ1) is 17.0. The predicted molar refractivity (Wildman–Crippen MR) is 82.3 cm³/mol. The van der Waals surface area contributed by atoms with E-state index in [4.69, 9.17) is 9.57 Å². The number of amides is 2. The number of hydroxylamine groups is 2. The van der Waals surface area contributed by atoms with Crippen LogP contribution in [0.5, 0.6) is 5.75 Å². The van der Waals surface area contributed by atoms with Crippen molar-refractivity contribution in [2.75, 3.05) is 0 Å². The lowest BCUT2D eigenvalue weighted by Gasteiger charge is -2.21. The van der Waals surface area contributed by atoms with Gasteiger partial charge in [0.15, 0.2) is 0 Å². The van der Waals surface area contributed by atoms with Crippen molar-refractivity contribution in [3.8, 4) is 5.75 Å². The Kier molecular flexibility index (Phi) is 5.03. The van der Waals surface area contributed by atoms with Crippen LogP contribution in [0, 0.1) is 0 Å². The van der Waals surface area contributed by atoms with Crippen molar-refractivity contribution in [3.63, 3.8) is 0 Å². The van der Waals surface area contributed by atoms with E-state index in [1.807, 2.05) is 45.0 Å². The normalized spacial score (nSPS) is 15.0. The van der Waals surface area contributed by atoms with Crippen molar-refractivity contribution in [2.45, 2.75) is 52.1 Å². The molecule has 0 aromatic heterocycles. The molecular formula is C17H21NO5. The van der Waals surface area contributed by atoms with Crippen LogP contribution >= 0.6 is 0 Å². The van der Waals surface area contributed by atoms with Gasteiger partial charge in [-0.25, -0.2) is 4.79 Å². The van der Waals surface area contributed by atoms with Gasteiger partial charge < -0.3 is 9.57 Å². The van der Waals surface area contributed by atoms with Gasteiger partial charge in [0, 0.05) is 12.8 Å². The molecule has 0 bridgehead atoms. The fraction of sp³-hybridized carbons (Fsp3) is 0.471. The van der Waals surface area contributed by atoms with Gasteiger partial charge in [0.2, 0.25) is 0 Å². The highest BCUT2D eigenvalue weighted by Gasteiger charge is 2.32. The lowest BCUT2D eigenvalue weighted by molar-refractivity contribution is -0.197. The van der Waals surface area contributed by atoms with Gasteiger partial charge in [-0.05, 0) is 44.9 Å². The maximum absolute atomic E-state index is 11.7. The third kappa shape index (κ3) is 5.09. The molecular weight excluding hydrogens is 298 g/mol. The summed E-state index contributed by atoms with van der Waals surface area (Å²) >= 11 is 0. The molecule has 6 heteroatoms. The zero-order valence-corrected chi connectivity index (χ0v) is 13.6. The summed E-state index contributed by atoms with van der Waals surface area (Å²) in [5, 5.41) is 0.572. The number of ether oxygens (including phenoxy) is 1. The first-order chi connectivity index (χ1) is 10.7. The van der Waals surface area contributed by atoms with Gasteiger partial charge in [0.1, 0.15) is 11.4 Å². The van der Waals surface area contributed by atoms with E-state index in [9.17, 15) is 14.4 Å². The molecule has 0 N–H and O–H groups in total. The zero-order chi connectivity index (χ0) is 17.0. The Balaban J connectivity index is 1.82. The number of imide groups is 1. The van der Waals surface area contributed by atoms with E-state index < -0.39 is 17.8 Å². The highest BCUT2D eigenvalue weighted by molar-refractivity contribution is 6.01. The van der Waals surface area contributed by atoms with E-state index in [2.05, 4.69) is 0 Å². The van der Waals surface area contributed by atoms with Crippen molar-refractivity contribution in [3.05, 3.63) is 29.8 Å². The van der Waals surface area contributed by atoms with Crippen molar-refractivity contribution in [1.82, 2.24) is 5.06 Å². The standard InChI is InChI=1S/C17H21NO5/c1-17(2,3)22-13-7-4-12(5-8-13)6-11-16(21)23-18-14(19)9-10-15(18)20/h4-5,7-8H,6,9-11H2,1-3H3. The van der Waals surface area contributed by atoms with Gasteiger partial charge in [0.25, 0.3) is 11.8 Å². The van der Waals surface area contributed by atoms with Gasteiger partial charge in [-0.2, -0.15) is 0 Å². The Morgan fingerprint density at radius 2 is 1.65 bits per heavy atom. The van der Waals surface area contributed by atoms with Crippen LogP contribution in [-0.2, 0) is 25.6 Å². The van der Waals surface area contributed by atoms with E-state index in [-0.39, 0.29) is 24.9 Å². The summed E-state index contributed by atoms with van der Waals surface area (Å²) in [5.74, 6) is -0.764. The summed E-state index contributed by atoms with van der Waals surface area (Å²) in [5.41, 5.74) is 0.683. The summed E-state index contributed by atoms with van der Waals surface area (Å²) in [6.07, 6.45) is 0.754. The molecule has 0 radical (unpaired) electrons. The molecule has 1 aromatic carbocycles. The number of aryl methyl sites for hydroxylation is 1. The summed E-state index contributed by atoms with van der Waals surface area (Å²) in [4.78, 5) is 39.3. The molecule has 2 rings (SSSR count). The Morgan fingerprint density at radius 1 is 1.09 bits per heavy atom. The highest BCUT2D eigenvalue weighted by atomic mass is 16.7. The zero-order valence-electron chi connectivity index (χ0n) is 13.6. The molecule has 124 valence electrons. The van der Waals surface area contributed by atoms with E-state index in [0.717, 1.165) is 11.3 Å². The molecule has 0 saturated carbocycles. The minimum atomic E-state index is -0.594. The van der Waals surface area contributed by atoms with Crippen molar-refractivity contribution in [2.24, 2.45) is 0 Å². The van der Waals surface area contributed by atoms with Gasteiger partial charge in [-0.1, -0.05) is 12.1 Å². The number of nitrogens with zero attached hydrogens (tertiary/aromatic N) is 1. The highest BCUT2D eigenvalue weighted by Crippen LogP contribution is 2.19. The summed E-state index contributed by atoms with van der Waals surface area (Å²) in [7, 11) is 0. The number of carbonyl (C=O) groups is 3. The molecule has 0 atom stereocenters. The Hall–Kier alpha value is -2.37. The average molecular weight is 319 g/mol. The lowest BCUT2D eigenvalue weighted by atomic mass is 10.1. The molecule has 1 aliphatic rings. The van der Waals surface area contributed by atoms with E-state index >= 15 is 0 Å². The topological polar surface area (TPSA) is 72.9 Å². The molecule has 1 aliphatic heterocycles. The summed E-state index contributed by atoms with van der Waals surface area (Å²) in [6.45, 7) is 5.91. The molecule has 6 nitrogen and oxygen atoms in total. The van der Waals surface area contributed by atoms with Crippen LogP contribution < -0.4 is 4.74 Å². The van der Waals surface area contributed by atoms with Crippen molar-refractivity contribution < 1.29 is 24.0 Å². The van der Waals surface area contributed by atoms with Crippen LogP contribution in [0.1, 0.15) is 45.6 Å². The molecule has 0 unspecified atom stereocenters. The largest absolute Gasteiger partial charge is 0.488 e. The van der Waals surface area contributed by atoms with E-state index in [0.29, 0.717) is 11.5 Å². The number of hydrogen-bond acceptors (Lipinski definition) is 5. The maximum Gasteiger partial charge on any atom is 0.333 e. The molecule has 1 saturated heterocycles.